The summed E-state index contributed by atoms with van der Waals surface area (Å²) < 4.78 is 5.30. The molecule has 0 unspecified atom stereocenters. The minimum atomic E-state index is 0.181. The Labute approximate surface area is 91.1 Å². The van der Waals surface area contributed by atoms with Gasteiger partial charge in [0.2, 0.25) is 11.8 Å². The Kier molecular flexibility index (Phi) is 2.44. The highest BCUT2D eigenvalue weighted by Gasteiger charge is 2.09. The Bertz CT molecular complexity index is 541. The number of rotatable bonds is 2. The third-order valence-corrected chi connectivity index (χ3v) is 2.73. The Balaban J connectivity index is 2.56. The van der Waals surface area contributed by atoms with E-state index in [4.69, 9.17) is 16.9 Å². The zero-order chi connectivity index (χ0) is 10.8. The molecule has 0 aliphatic carbocycles. The van der Waals surface area contributed by atoms with Gasteiger partial charge >= 0.3 is 0 Å². The molecule has 0 spiro atoms. The van der Waals surface area contributed by atoms with Crippen molar-refractivity contribution in [3.63, 3.8) is 0 Å². The maximum atomic E-state index is 5.56. The molecule has 2 aromatic heterocycles. The first-order valence-corrected chi connectivity index (χ1v) is 5.12. The molecule has 0 aromatic carbocycles. The second-order valence-electron chi connectivity index (χ2n) is 2.96. The van der Waals surface area contributed by atoms with E-state index < -0.39 is 0 Å². The number of aryl methyl sites for hydroxylation is 1. The minimum absolute atomic E-state index is 0.181. The van der Waals surface area contributed by atoms with Crippen molar-refractivity contribution in [1.82, 2.24) is 9.97 Å². The van der Waals surface area contributed by atoms with Gasteiger partial charge in [0.1, 0.15) is 4.83 Å². The Morgan fingerprint density at radius 2 is 2.40 bits per heavy atom. The highest BCUT2D eigenvalue weighted by Crippen LogP contribution is 2.30. The first-order chi connectivity index (χ1) is 7.20. The average molecular weight is 219 g/mol. The number of hydrogen-bond donors (Lipinski definition) is 1. The summed E-state index contributed by atoms with van der Waals surface area (Å²) in [7, 11) is 0. The molecule has 15 heavy (non-hydrogen) atoms. The van der Waals surface area contributed by atoms with Gasteiger partial charge in [-0.05, 0) is 13.0 Å². The Hall–Kier alpha value is -1.80. The molecule has 0 saturated heterocycles. The average Bonchev–Trinajstić information content (AvgIpc) is 2.54. The second-order valence-corrected chi connectivity index (χ2v) is 4.19. The maximum absolute atomic E-state index is 5.56. The van der Waals surface area contributed by atoms with Gasteiger partial charge in [-0.25, -0.2) is 4.98 Å². The van der Waals surface area contributed by atoms with E-state index in [1.165, 1.54) is 0 Å². The molecule has 76 valence electrons. The van der Waals surface area contributed by atoms with Gasteiger partial charge in [0, 0.05) is 4.88 Å². The smallest absolute Gasteiger partial charge is 0.228 e. The van der Waals surface area contributed by atoms with Gasteiger partial charge in [-0.2, -0.15) is 4.98 Å². The van der Waals surface area contributed by atoms with Crippen molar-refractivity contribution in [1.29, 1.82) is 0 Å². The fourth-order valence-corrected chi connectivity index (χ4v) is 2.13. The molecule has 2 N–H and O–H groups in total. The van der Waals surface area contributed by atoms with E-state index in [0.29, 0.717) is 5.88 Å². The van der Waals surface area contributed by atoms with E-state index in [2.05, 4.69) is 15.9 Å². The predicted molar refractivity (Wildman–Crippen MR) is 60.9 cm³/mol. The molecule has 0 amide bonds. The predicted octanol–water partition coefficient (Wildman–Crippen LogP) is 1.59. The summed E-state index contributed by atoms with van der Waals surface area (Å²) in [6.07, 6.45) is 5.12. The summed E-state index contributed by atoms with van der Waals surface area (Å²) in [4.78, 5) is 10.1. The number of thiophene rings is 1. The molecule has 0 aliphatic rings. The molecule has 0 fully saturated rings. The van der Waals surface area contributed by atoms with Gasteiger partial charge in [-0.15, -0.1) is 17.8 Å². The molecule has 2 rings (SSSR count). The molecule has 4 nitrogen and oxygen atoms in total. The van der Waals surface area contributed by atoms with Gasteiger partial charge < -0.3 is 10.5 Å². The van der Waals surface area contributed by atoms with E-state index in [1.54, 1.807) is 11.3 Å². The zero-order valence-electron chi connectivity index (χ0n) is 8.15. The summed E-state index contributed by atoms with van der Waals surface area (Å²) >= 11 is 1.55. The number of terminal acetylenes is 1. The van der Waals surface area contributed by atoms with Crippen molar-refractivity contribution in [2.24, 2.45) is 0 Å². The minimum Gasteiger partial charge on any atom is -0.464 e. The molecule has 0 bridgehead atoms. The number of nitrogens with two attached hydrogens (primary N) is 1. The molecule has 0 atom stereocenters. The van der Waals surface area contributed by atoms with Crippen molar-refractivity contribution in [3.05, 3.63) is 10.9 Å². The molecule has 2 aromatic rings. The van der Waals surface area contributed by atoms with Crippen molar-refractivity contribution in [2.45, 2.75) is 6.92 Å². The van der Waals surface area contributed by atoms with Crippen LogP contribution in [-0.4, -0.2) is 16.6 Å². The number of nitrogen functional groups attached to an aromatic ring is 1. The van der Waals surface area contributed by atoms with Crippen LogP contribution >= 0.6 is 11.3 Å². The zero-order valence-corrected chi connectivity index (χ0v) is 8.97. The third kappa shape index (κ3) is 1.85. The van der Waals surface area contributed by atoms with Crippen LogP contribution in [-0.2, 0) is 0 Å². The number of nitrogens with zero attached hydrogens (tertiary/aromatic N) is 2. The van der Waals surface area contributed by atoms with Crippen LogP contribution in [0.5, 0.6) is 5.88 Å². The van der Waals surface area contributed by atoms with Crippen LogP contribution in [0.1, 0.15) is 4.88 Å². The second kappa shape index (κ2) is 3.75. The lowest BCUT2D eigenvalue weighted by Crippen LogP contribution is -2.00. The van der Waals surface area contributed by atoms with Crippen LogP contribution in [0, 0.1) is 19.3 Å². The number of ether oxygens (including phenoxy) is 1. The summed E-state index contributed by atoms with van der Waals surface area (Å²) in [5.74, 6) is 3.05. The lowest BCUT2D eigenvalue weighted by molar-refractivity contribution is 0.360. The lowest BCUT2D eigenvalue weighted by atomic mass is 10.3. The standard InChI is InChI=1S/C10H9N3OS/c1-3-4-14-8-7-5-6(2)15-9(7)13-10(11)12-8/h1,5H,4H2,2H3,(H2,11,12,13). The van der Waals surface area contributed by atoms with Gasteiger partial charge in [-0.3, -0.25) is 0 Å². The van der Waals surface area contributed by atoms with Crippen molar-refractivity contribution in [2.75, 3.05) is 12.3 Å². The monoisotopic (exact) mass is 219 g/mol. The normalized spacial score (nSPS) is 10.1. The van der Waals surface area contributed by atoms with E-state index in [-0.39, 0.29) is 12.6 Å². The molecule has 0 saturated carbocycles. The molecular formula is C10H9N3OS. The first-order valence-electron chi connectivity index (χ1n) is 4.30. The molecule has 0 radical (unpaired) electrons. The summed E-state index contributed by atoms with van der Waals surface area (Å²) in [5.41, 5.74) is 5.56. The van der Waals surface area contributed by atoms with Crippen molar-refractivity contribution >= 4 is 27.5 Å². The van der Waals surface area contributed by atoms with Gasteiger partial charge in [0.05, 0.1) is 5.39 Å². The SMILES string of the molecule is C#CCOc1nc(N)nc2sc(C)cc12. The van der Waals surface area contributed by atoms with E-state index >= 15 is 0 Å². The molecule has 2 heterocycles. The van der Waals surface area contributed by atoms with Crippen LogP contribution in [0.25, 0.3) is 10.2 Å². The van der Waals surface area contributed by atoms with Crippen LogP contribution < -0.4 is 10.5 Å². The highest BCUT2D eigenvalue weighted by molar-refractivity contribution is 7.18. The molecule has 0 aliphatic heterocycles. The van der Waals surface area contributed by atoms with Gasteiger partial charge in [-0.1, -0.05) is 5.92 Å². The first kappa shape index (κ1) is 9.74. The molecular weight excluding hydrogens is 210 g/mol. The summed E-state index contributed by atoms with van der Waals surface area (Å²) in [5, 5.41) is 0.863. The van der Waals surface area contributed by atoms with Gasteiger partial charge in [0.15, 0.2) is 6.61 Å². The summed E-state index contributed by atoms with van der Waals surface area (Å²) in [6, 6.07) is 1.96. The van der Waals surface area contributed by atoms with E-state index in [0.717, 1.165) is 15.1 Å². The Morgan fingerprint density at radius 1 is 1.60 bits per heavy atom. The fourth-order valence-electron chi connectivity index (χ4n) is 1.25. The largest absolute Gasteiger partial charge is 0.464 e. The number of fused-ring (bicyclic) bond motifs is 1. The third-order valence-electron chi connectivity index (χ3n) is 1.79. The van der Waals surface area contributed by atoms with Crippen LogP contribution in [0.15, 0.2) is 6.07 Å². The topological polar surface area (TPSA) is 61.0 Å². The number of anilines is 1. The maximum Gasteiger partial charge on any atom is 0.228 e. The number of hydrogen-bond acceptors (Lipinski definition) is 5. The quantitative estimate of drug-likeness (QED) is 0.779. The van der Waals surface area contributed by atoms with Gasteiger partial charge in [0.25, 0.3) is 0 Å². The Morgan fingerprint density at radius 3 is 3.13 bits per heavy atom. The van der Waals surface area contributed by atoms with Crippen LogP contribution in [0.2, 0.25) is 0 Å². The fraction of sp³-hybridized carbons (Fsp3) is 0.200. The summed E-state index contributed by atoms with van der Waals surface area (Å²) in [6.45, 7) is 2.17. The van der Waals surface area contributed by atoms with Crippen molar-refractivity contribution < 1.29 is 4.74 Å². The highest BCUT2D eigenvalue weighted by atomic mass is 32.1. The van der Waals surface area contributed by atoms with E-state index in [1.807, 2.05) is 13.0 Å². The molecule has 5 heteroatoms. The van der Waals surface area contributed by atoms with E-state index in [9.17, 15) is 0 Å². The van der Waals surface area contributed by atoms with Crippen LogP contribution in [0.3, 0.4) is 0 Å². The number of aromatic nitrogens is 2. The van der Waals surface area contributed by atoms with Crippen molar-refractivity contribution in [3.8, 4) is 18.2 Å². The lowest BCUT2D eigenvalue weighted by Gasteiger charge is -2.02. The van der Waals surface area contributed by atoms with Crippen LogP contribution in [0.4, 0.5) is 5.95 Å².